The first kappa shape index (κ1) is 12.6. The van der Waals surface area contributed by atoms with E-state index < -0.39 is 5.91 Å². The van der Waals surface area contributed by atoms with Gasteiger partial charge in [-0.1, -0.05) is 6.07 Å². The standard InChI is InChI=1S/C12H12N4O3/c1-19-8-4-2-3-7(13)11(8)12(18)14-9-5-6-10(17)16-15-9/h2-6H,13H2,1H3,(H,16,17)(H,14,15,18). The van der Waals surface area contributed by atoms with Crippen LogP contribution in [0.1, 0.15) is 10.4 Å². The number of rotatable bonds is 3. The maximum absolute atomic E-state index is 12.1. The van der Waals surface area contributed by atoms with Crippen molar-refractivity contribution in [1.82, 2.24) is 10.2 Å². The molecule has 2 rings (SSSR count). The van der Waals surface area contributed by atoms with Crippen molar-refractivity contribution in [2.45, 2.75) is 0 Å². The molecule has 0 radical (unpaired) electrons. The van der Waals surface area contributed by atoms with Gasteiger partial charge in [0.15, 0.2) is 5.82 Å². The number of carbonyl (C=O) groups is 1. The molecule has 0 aliphatic heterocycles. The average Bonchev–Trinajstić information content (AvgIpc) is 2.40. The summed E-state index contributed by atoms with van der Waals surface area (Å²) in [5, 5.41) is 8.42. The van der Waals surface area contributed by atoms with Gasteiger partial charge in [-0.3, -0.25) is 9.59 Å². The Kier molecular flexibility index (Phi) is 3.46. The minimum absolute atomic E-state index is 0.218. The Morgan fingerprint density at radius 1 is 1.37 bits per heavy atom. The van der Waals surface area contributed by atoms with Crippen LogP contribution in [0.2, 0.25) is 0 Å². The van der Waals surface area contributed by atoms with Gasteiger partial charge in [-0.25, -0.2) is 5.10 Å². The number of hydrogen-bond acceptors (Lipinski definition) is 5. The third-order valence-corrected chi connectivity index (χ3v) is 2.43. The maximum atomic E-state index is 12.1. The number of benzene rings is 1. The molecule has 0 unspecified atom stereocenters. The summed E-state index contributed by atoms with van der Waals surface area (Å²) in [6.45, 7) is 0. The molecule has 98 valence electrons. The Morgan fingerprint density at radius 2 is 2.16 bits per heavy atom. The van der Waals surface area contributed by atoms with Gasteiger partial charge in [0, 0.05) is 11.8 Å². The highest BCUT2D eigenvalue weighted by molar-refractivity contribution is 6.09. The maximum Gasteiger partial charge on any atom is 0.264 e. The third-order valence-electron chi connectivity index (χ3n) is 2.43. The topological polar surface area (TPSA) is 110 Å². The molecule has 0 aliphatic rings. The fraction of sp³-hybridized carbons (Fsp3) is 0.0833. The molecule has 0 atom stereocenters. The second kappa shape index (κ2) is 5.21. The number of aromatic nitrogens is 2. The molecule has 1 heterocycles. The Balaban J connectivity index is 2.30. The van der Waals surface area contributed by atoms with Gasteiger partial charge < -0.3 is 15.8 Å². The van der Waals surface area contributed by atoms with E-state index in [1.54, 1.807) is 18.2 Å². The number of H-pyrrole nitrogens is 1. The van der Waals surface area contributed by atoms with E-state index in [0.29, 0.717) is 11.4 Å². The minimum Gasteiger partial charge on any atom is -0.496 e. The fourth-order valence-electron chi connectivity index (χ4n) is 1.55. The fourth-order valence-corrected chi connectivity index (χ4v) is 1.55. The summed E-state index contributed by atoms with van der Waals surface area (Å²) in [4.78, 5) is 23.0. The minimum atomic E-state index is -0.463. The normalized spacial score (nSPS) is 9.95. The predicted molar refractivity (Wildman–Crippen MR) is 70.2 cm³/mol. The first-order valence-electron chi connectivity index (χ1n) is 5.41. The molecule has 2 aromatic rings. The molecular weight excluding hydrogens is 248 g/mol. The van der Waals surface area contributed by atoms with Crippen molar-refractivity contribution < 1.29 is 9.53 Å². The molecule has 0 fully saturated rings. The Bertz CT molecular complexity index is 646. The zero-order valence-electron chi connectivity index (χ0n) is 10.1. The highest BCUT2D eigenvalue weighted by Gasteiger charge is 2.16. The van der Waals surface area contributed by atoms with E-state index in [0.717, 1.165) is 0 Å². The first-order chi connectivity index (χ1) is 9.11. The van der Waals surface area contributed by atoms with Crippen molar-refractivity contribution in [2.24, 2.45) is 0 Å². The van der Waals surface area contributed by atoms with Crippen LogP contribution in [-0.4, -0.2) is 23.2 Å². The van der Waals surface area contributed by atoms with Gasteiger partial charge >= 0.3 is 0 Å². The van der Waals surface area contributed by atoms with Crippen molar-refractivity contribution in [3.63, 3.8) is 0 Å². The molecule has 0 saturated carbocycles. The van der Waals surface area contributed by atoms with Crippen LogP contribution in [0.3, 0.4) is 0 Å². The number of nitrogens with zero attached hydrogens (tertiary/aromatic N) is 1. The van der Waals surface area contributed by atoms with E-state index in [2.05, 4.69) is 15.5 Å². The van der Waals surface area contributed by atoms with Gasteiger partial charge in [0.1, 0.15) is 11.3 Å². The van der Waals surface area contributed by atoms with Gasteiger partial charge in [-0.05, 0) is 18.2 Å². The van der Waals surface area contributed by atoms with E-state index >= 15 is 0 Å². The van der Waals surface area contributed by atoms with E-state index in [1.165, 1.54) is 19.2 Å². The smallest absolute Gasteiger partial charge is 0.264 e. The van der Waals surface area contributed by atoms with Gasteiger partial charge in [-0.2, -0.15) is 5.10 Å². The van der Waals surface area contributed by atoms with E-state index in [4.69, 9.17) is 10.5 Å². The molecule has 1 aromatic carbocycles. The molecular formula is C12H12N4O3. The van der Waals surface area contributed by atoms with Gasteiger partial charge in [-0.15, -0.1) is 0 Å². The number of nitrogens with one attached hydrogen (secondary N) is 2. The van der Waals surface area contributed by atoms with Crippen molar-refractivity contribution >= 4 is 17.4 Å². The summed E-state index contributed by atoms with van der Waals surface area (Å²) in [7, 11) is 1.45. The molecule has 4 N–H and O–H groups in total. The first-order valence-corrected chi connectivity index (χ1v) is 5.41. The Hall–Kier alpha value is -2.83. The number of amides is 1. The van der Waals surface area contributed by atoms with Crippen molar-refractivity contribution in [1.29, 1.82) is 0 Å². The third kappa shape index (κ3) is 2.71. The summed E-state index contributed by atoms with van der Waals surface area (Å²) in [6.07, 6.45) is 0. The quantitative estimate of drug-likeness (QED) is 0.700. The van der Waals surface area contributed by atoms with Crippen LogP contribution < -0.4 is 21.3 Å². The summed E-state index contributed by atoms with van der Waals surface area (Å²) >= 11 is 0. The second-order valence-electron chi connectivity index (χ2n) is 3.69. The second-order valence-corrected chi connectivity index (χ2v) is 3.69. The van der Waals surface area contributed by atoms with Crippen LogP contribution in [-0.2, 0) is 0 Å². The van der Waals surface area contributed by atoms with Crippen molar-refractivity contribution in [3.05, 3.63) is 46.2 Å². The molecule has 1 amide bonds. The number of hydrogen-bond donors (Lipinski definition) is 3. The summed E-state index contributed by atoms with van der Waals surface area (Å²) in [6, 6.07) is 7.56. The summed E-state index contributed by atoms with van der Waals surface area (Å²) in [5.41, 5.74) is 5.92. The molecule has 7 nitrogen and oxygen atoms in total. The number of nitrogens with two attached hydrogens (primary N) is 1. The van der Waals surface area contributed by atoms with E-state index in [1.807, 2.05) is 0 Å². The largest absolute Gasteiger partial charge is 0.496 e. The number of aromatic amines is 1. The van der Waals surface area contributed by atoms with Crippen LogP contribution in [0.15, 0.2) is 35.1 Å². The number of ether oxygens (including phenoxy) is 1. The predicted octanol–water partition coefficient (Wildman–Crippen LogP) is 0.613. The van der Waals surface area contributed by atoms with Gasteiger partial charge in [0.25, 0.3) is 11.5 Å². The van der Waals surface area contributed by atoms with Crippen LogP contribution in [0.25, 0.3) is 0 Å². The van der Waals surface area contributed by atoms with Crippen LogP contribution in [0.5, 0.6) is 5.75 Å². The average molecular weight is 260 g/mol. The van der Waals surface area contributed by atoms with Crippen molar-refractivity contribution in [2.75, 3.05) is 18.2 Å². The highest BCUT2D eigenvalue weighted by atomic mass is 16.5. The molecule has 0 bridgehead atoms. The van der Waals surface area contributed by atoms with Crippen LogP contribution >= 0.6 is 0 Å². The number of carbonyl (C=O) groups excluding carboxylic acids is 1. The lowest BCUT2D eigenvalue weighted by atomic mass is 10.1. The Morgan fingerprint density at radius 3 is 2.79 bits per heavy atom. The van der Waals surface area contributed by atoms with Crippen LogP contribution in [0, 0.1) is 0 Å². The molecule has 0 saturated heterocycles. The number of methoxy groups -OCH3 is 1. The zero-order chi connectivity index (χ0) is 13.8. The lowest BCUT2D eigenvalue weighted by Gasteiger charge is -2.10. The molecule has 19 heavy (non-hydrogen) atoms. The number of nitrogen functional groups attached to an aromatic ring is 1. The number of anilines is 2. The van der Waals surface area contributed by atoms with Gasteiger partial charge in [0.2, 0.25) is 0 Å². The van der Waals surface area contributed by atoms with Crippen LogP contribution in [0.4, 0.5) is 11.5 Å². The molecule has 1 aromatic heterocycles. The highest BCUT2D eigenvalue weighted by Crippen LogP contribution is 2.24. The molecule has 0 spiro atoms. The lowest BCUT2D eigenvalue weighted by molar-refractivity contribution is 0.102. The molecule has 0 aliphatic carbocycles. The lowest BCUT2D eigenvalue weighted by Crippen LogP contribution is -2.18. The van der Waals surface area contributed by atoms with E-state index in [-0.39, 0.29) is 16.9 Å². The van der Waals surface area contributed by atoms with E-state index in [9.17, 15) is 9.59 Å². The Labute approximate surface area is 108 Å². The summed E-state index contributed by atoms with van der Waals surface area (Å²) < 4.78 is 5.09. The SMILES string of the molecule is COc1cccc(N)c1C(=O)Nc1ccc(=O)[nH]n1. The molecule has 7 heteroatoms. The van der Waals surface area contributed by atoms with Crippen molar-refractivity contribution in [3.8, 4) is 5.75 Å². The zero-order valence-corrected chi connectivity index (χ0v) is 10.1. The summed E-state index contributed by atoms with van der Waals surface area (Å²) in [5.74, 6) is 0.117. The van der Waals surface area contributed by atoms with Gasteiger partial charge in [0.05, 0.1) is 7.11 Å². The monoisotopic (exact) mass is 260 g/mol.